The first-order valence-corrected chi connectivity index (χ1v) is 5.99. The van der Waals surface area contributed by atoms with Gasteiger partial charge >= 0.3 is 29.6 Å². The predicted molar refractivity (Wildman–Crippen MR) is 53.0 cm³/mol. The molecule has 0 bridgehead atoms. The number of hydrogen-bond acceptors (Lipinski definition) is 4. The standard InChI is InChI=1S/C6H13O2.Na.H2O3S2/c1-3-5-8-6(7)4-2;;1-5(2,3)4/h6-7H,2-5H2,1H3;;(H2,1,2,3,4)/q-1;+1;. The third-order valence-corrected chi connectivity index (χ3v) is 0.761. The third-order valence-electron chi connectivity index (χ3n) is 0.761. The smallest absolute Gasteiger partial charge is 0.371 e. The van der Waals surface area contributed by atoms with Crippen molar-refractivity contribution < 1.29 is 52.7 Å². The van der Waals surface area contributed by atoms with Gasteiger partial charge in [0.15, 0.2) is 0 Å². The average molecular weight is 254 g/mol. The van der Waals surface area contributed by atoms with Gasteiger partial charge in [-0.1, -0.05) is 6.92 Å². The van der Waals surface area contributed by atoms with Crippen molar-refractivity contribution in [1.82, 2.24) is 0 Å². The summed E-state index contributed by atoms with van der Waals surface area (Å²) in [5.41, 5.74) is 0. The van der Waals surface area contributed by atoms with Crippen molar-refractivity contribution >= 4 is 20.2 Å². The van der Waals surface area contributed by atoms with E-state index in [9.17, 15) is 0 Å². The van der Waals surface area contributed by atoms with E-state index in [0.29, 0.717) is 13.0 Å². The van der Waals surface area contributed by atoms with Gasteiger partial charge in [0.1, 0.15) is 6.29 Å². The van der Waals surface area contributed by atoms with E-state index in [1.807, 2.05) is 6.92 Å². The van der Waals surface area contributed by atoms with E-state index in [1.54, 1.807) is 0 Å². The van der Waals surface area contributed by atoms with Crippen LogP contribution in [0.5, 0.6) is 0 Å². The number of aliphatic hydroxyl groups excluding tert-OH is 1. The fraction of sp³-hybridized carbons (Fsp3) is 0.833. The van der Waals surface area contributed by atoms with E-state index in [0.717, 1.165) is 6.42 Å². The summed E-state index contributed by atoms with van der Waals surface area (Å²) in [6, 6.07) is 0. The Balaban J connectivity index is -0.000000177. The zero-order valence-electron chi connectivity index (χ0n) is 8.38. The van der Waals surface area contributed by atoms with Crippen molar-refractivity contribution in [3.63, 3.8) is 0 Å². The molecule has 0 fully saturated rings. The van der Waals surface area contributed by atoms with Crippen LogP contribution in [0.1, 0.15) is 19.8 Å². The number of ether oxygens (including phenoxy) is 1. The van der Waals surface area contributed by atoms with Crippen LogP contribution in [0.25, 0.3) is 0 Å². The van der Waals surface area contributed by atoms with Crippen molar-refractivity contribution in [1.29, 1.82) is 0 Å². The van der Waals surface area contributed by atoms with Crippen molar-refractivity contribution in [2.24, 2.45) is 0 Å². The molecule has 8 heteroatoms. The summed E-state index contributed by atoms with van der Waals surface area (Å²) in [6.07, 6.45) is 0.715. The molecule has 3 N–H and O–H groups in total. The normalized spacial score (nSPS) is 12.1. The Morgan fingerprint density at radius 3 is 2.14 bits per heavy atom. The van der Waals surface area contributed by atoms with Crippen LogP contribution in [0.4, 0.5) is 0 Å². The van der Waals surface area contributed by atoms with E-state index in [2.05, 4.69) is 18.1 Å². The van der Waals surface area contributed by atoms with Gasteiger partial charge < -0.3 is 16.8 Å². The van der Waals surface area contributed by atoms with Crippen molar-refractivity contribution in [3.05, 3.63) is 6.92 Å². The van der Waals surface area contributed by atoms with E-state index >= 15 is 0 Å². The number of aliphatic hydroxyl groups is 1. The Morgan fingerprint density at radius 2 is 1.93 bits per heavy atom. The molecule has 0 aromatic rings. The van der Waals surface area contributed by atoms with E-state index in [-0.39, 0.29) is 29.6 Å². The molecule has 5 nitrogen and oxygen atoms in total. The minimum absolute atomic E-state index is 0. The molecule has 0 aromatic carbocycles. The molecule has 0 amide bonds. The Morgan fingerprint density at radius 1 is 1.57 bits per heavy atom. The Kier molecular flexibility index (Phi) is 18.1. The third kappa shape index (κ3) is 37.9. The maximum absolute atomic E-state index is 9.11. The maximum atomic E-state index is 9.11. The van der Waals surface area contributed by atoms with Gasteiger partial charge in [-0.2, -0.15) is 4.21 Å². The van der Waals surface area contributed by atoms with Crippen LogP contribution in [0.2, 0.25) is 0 Å². The second kappa shape index (κ2) is 12.3. The molecule has 1 unspecified atom stereocenters. The number of hydrogen-bond donors (Lipinski definition) is 3. The van der Waals surface area contributed by atoms with Gasteiger partial charge in [-0.05, 0) is 6.42 Å². The summed E-state index contributed by atoms with van der Waals surface area (Å²) in [5.74, 6) is 0. The van der Waals surface area contributed by atoms with Gasteiger partial charge in [-0.15, -0.1) is 6.42 Å². The van der Waals surface area contributed by atoms with Crippen LogP contribution >= 0.6 is 0 Å². The molecule has 0 spiro atoms. The fourth-order valence-electron chi connectivity index (χ4n) is 0.337. The van der Waals surface area contributed by atoms with E-state index < -0.39 is 15.3 Å². The van der Waals surface area contributed by atoms with Crippen LogP contribution in [0.15, 0.2) is 0 Å². The Bertz CT molecular complexity index is 186. The van der Waals surface area contributed by atoms with Gasteiger partial charge in [0.05, 0.1) is 0 Å². The second-order valence-corrected chi connectivity index (χ2v) is 4.26. The zero-order chi connectivity index (χ0) is 10.9. The molecule has 0 aliphatic carbocycles. The first kappa shape index (κ1) is 20.6. The molecular formula is C6H15NaO5S2. The SMILES string of the molecule is O=S(O)(O)=S.[CH2-]CC(O)OCCC.[Na+]. The molecule has 0 rings (SSSR count). The minimum Gasteiger partial charge on any atom is -0.371 e. The molecule has 1 atom stereocenters. The van der Waals surface area contributed by atoms with E-state index in [1.165, 1.54) is 0 Å². The van der Waals surface area contributed by atoms with Gasteiger partial charge in [0.2, 0.25) is 0 Å². The molecule has 82 valence electrons. The van der Waals surface area contributed by atoms with Gasteiger partial charge in [-0.25, -0.2) is 0 Å². The topological polar surface area (TPSA) is 87.0 Å². The molecular weight excluding hydrogens is 239 g/mol. The second-order valence-electron chi connectivity index (χ2n) is 2.06. The average Bonchev–Trinajstić information content (AvgIpc) is 1.97. The Hall–Kier alpha value is 1.21. The summed E-state index contributed by atoms with van der Waals surface area (Å²) in [7, 11) is -3.83. The van der Waals surface area contributed by atoms with Crippen molar-refractivity contribution in [2.75, 3.05) is 6.61 Å². The Labute approximate surface area is 112 Å². The molecule has 0 aromatic heterocycles. The first-order chi connectivity index (χ1) is 5.81. The molecule has 0 aliphatic rings. The molecule has 0 aliphatic heterocycles. The predicted octanol–water partition coefficient (Wildman–Crippen LogP) is -2.36. The van der Waals surface area contributed by atoms with Gasteiger partial charge in [0, 0.05) is 17.8 Å². The largest absolute Gasteiger partial charge is 1.00 e. The summed E-state index contributed by atoms with van der Waals surface area (Å²) in [4.78, 5) is 0. The summed E-state index contributed by atoms with van der Waals surface area (Å²) in [5, 5.41) is 8.70. The summed E-state index contributed by atoms with van der Waals surface area (Å²) in [6.45, 7) is 6.08. The van der Waals surface area contributed by atoms with Gasteiger partial charge in [-0.3, -0.25) is 9.11 Å². The molecule has 0 radical (unpaired) electrons. The molecule has 14 heavy (non-hydrogen) atoms. The quantitative estimate of drug-likeness (QED) is 0.295. The zero-order valence-corrected chi connectivity index (χ0v) is 12.0. The monoisotopic (exact) mass is 254 g/mol. The van der Waals surface area contributed by atoms with Crippen molar-refractivity contribution in [2.45, 2.75) is 26.1 Å². The maximum Gasteiger partial charge on any atom is 1.00 e. The van der Waals surface area contributed by atoms with Crippen molar-refractivity contribution in [3.8, 4) is 0 Å². The summed E-state index contributed by atoms with van der Waals surface area (Å²) < 4.78 is 28.8. The molecule has 0 saturated carbocycles. The van der Waals surface area contributed by atoms with Gasteiger partial charge in [0.25, 0.3) is 9.05 Å². The number of rotatable bonds is 4. The van der Waals surface area contributed by atoms with E-state index in [4.69, 9.17) is 23.2 Å². The van der Waals surface area contributed by atoms with Crippen LogP contribution in [-0.4, -0.2) is 31.3 Å². The minimum atomic E-state index is -3.83. The van der Waals surface area contributed by atoms with Crippen LogP contribution in [0.3, 0.4) is 0 Å². The van der Waals surface area contributed by atoms with Crippen LogP contribution in [-0.2, 0) is 25.0 Å². The van der Waals surface area contributed by atoms with Crippen LogP contribution < -0.4 is 29.6 Å². The summed E-state index contributed by atoms with van der Waals surface area (Å²) >= 11 is 3.47. The molecule has 0 heterocycles. The molecule has 0 saturated heterocycles. The first-order valence-electron chi connectivity index (χ1n) is 3.60. The van der Waals surface area contributed by atoms with Crippen LogP contribution in [0, 0.1) is 6.92 Å². The fourth-order valence-corrected chi connectivity index (χ4v) is 0.337.